The zero-order valence-electron chi connectivity index (χ0n) is 13.2. The SMILES string of the molecule is Cc1cccc(Nc2nnc(SCc3nnc(-c4cccs4)o3)s2)c1. The van der Waals surface area contributed by atoms with Crippen LogP contribution in [0.1, 0.15) is 11.5 Å². The van der Waals surface area contributed by atoms with E-state index in [1.807, 2.05) is 29.6 Å². The maximum absolute atomic E-state index is 5.67. The molecule has 0 unspecified atom stereocenters. The summed E-state index contributed by atoms with van der Waals surface area (Å²) in [5.74, 6) is 1.71. The molecule has 0 saturated heterocycles. The molecule has 0 bridgehead atoms. The molecule has 0 atom stereocenters. The molecule has 0 fully saturated rings. The molecule has 126 valence electrons. The van der Waals surface area contributed by atoms with E-state index in [-0.39, 0.29) is 0 Å². The Morgan fingerprint density at radius 2 is 2.08 bits per heavy atom. The van der Waals surface area contributed by atoms with Gasteiger partial charge in [-0.05, 0) is 36.1 Å². The van der Waals surface area contributed by atoms with Crippen molar-refractivity contribution in [2.75, 3.05) is 5.32 Å². The second-order valence-electron chi connectivity index (χ2n) is 5.13. The molecule has 1 N–H and O–H groups in total. The van der Waals surface area contributed by atoms with Gasteiger partial charge in [-0.2, -0.15) is 0 Å². The zero-order valence-corrected chi connectivity index (χ0v) is 15.6. The highest BCUT2D eigenvalue weighted by Gasteiger charge is 2.11. The monoisotopic (exact) mass is 387 g/mol. The molecule has 0 amide bonds. The lowest BCUT2D eigenvalue weighted by atomic mass is 10.2. The van der Waals surface area contributed by atoms with Gasteiger partial charge in [-0.3, -0.25) is 0 Å². The quantitative estimate of drug-likeness (QED) is 0.467. The Labute approximate surface area is 156 Å². The van der Waals surface area contributed by atoms with Gasteiger partial charge in [0.1, 0.15) is 0 Å². The predicted octanol–water partition coefficient (Wildman–Crippen LogP) is 4.99. The number of rotatable bonds is 6. The van der Waals surface area contributed by atoms with Crippen LogP contribution in [-0.4, -0.2) is 20.4 Å². The number of hydrogen-bond donors (Lipinski definition) is 1. The smallest absolute Gasteiger partial charge is 0.257 e. The van der Waals surface area contributed by atoms with Gasteiger partial charge >= 0.3 is 0 Å². The Morgan fingerprint density at radius 1 is 1.12 bits per heavy atom. The molecule has 0 aliphatic heterocycles. The molecule has 4 rings (SSSR count). The lowest BCUT2D eigenvalue weighted by molar-refractivity contribution is 0.529. The molecule has 3 heterocycles. The highest BCUT2D eigenvalue weighted by atomic mass is 32.2. The first-order valence-corrected chi connectivity index (χ1v) is 10.1. The molecular formula is C16H13N5OS3. The minimum atomic E-state index is 0.560. The minimum Gasteiger partial charge on any atom is -0.419 e. The summed E-state index contributed by atoms with van der Waals surface area (Å²) < 4.78 is 6.53. The van der Waals surface area contributed by atoms with Crippen LogP contribution in [0.25, 0.3) is 10.8 Å². The average molecular weight is 388 g/mol. The summed E-state index contributed by atoms with van der Waals surface area (Å²) in [5, 5.41) is 22.5. The molecular weight excluding hydrogens is 374 g/mol. The van der Waals surface area contributed by atoms with Crippen LogP contribution in [0.2, 0.25) is 0 Å². The van der Waals surface area contributed by atoms with Crippen LogP contribution < -0.4 is 5.32 Å². The molecule has 0 aliphatic rings. The molecule has 4 aromatic rings. The molecule has 0 spiro atoms. The second kappa shape index (κ2) is 7.34. The average Bonchev–Trinajstić information content (AvgIpc) is 3.34. The van der Waals surface area contributed by atoms with Crippen LogP contribution in [0.4, 0.5) is 10.8 Å². The summed E-state index contributed by atoms with van der Waals surface area (Å²) in [7, 11) is 0. The van der Waals surface area contributed by atoms with Crippen LogP contribution in [0.5, 0.6) is 0 Å². The number of hydrogen-bond acceptors (Lipinski definition) is 9. The largest absolute Gasteiger partial charge is 0.419 e. The Hall–Kier alpha value is -2.23. The van der Waals surface area contributed by atoms with Crippen molar-refractivity contribution in [1.82, 2.24) is 20.4 Å². The first-order valence-electron chi connectivity index (χ1n) is 7.42. The van der Waals surface area contributed by atoms with Crippen molar-refractivity contribution in [1.29, 1.82) is 0 Å². The molecule has 9 heteroatoms. The third-order valence-electron chi connectivity index (χ3n) is 3.19. The van der Waals surface area contributed by atoms with E-state index in [2.05, 4.69) is 44.8 Å². The van der Waals surface area contributed by atoms with Crippen LogP contribution in [0, 0.1) is 6.92 Å². The van der Waals surface area contributed by atoms with Crippen molar-refractivity contribution >= 4 is 45.3 Å². The van der Waals surface area contributed by atoms with E-state index in [0.29, 0.717) is 17.5 Å². The predicted molar refractivity (Wildman–Crippen MR) is 102 cm³/mol. The fourth-order valence-electron chi connectivity index (χ4n) is 2.10. The van der Waals surface area contributed by atoms with Gasteiger partial charge in [0.05, 0.1) is 10.6 Å². The van der Waals surface area contributed by atoms with Gasteiger partial charge in [0, 0.05) is 5.69 Å². The summed E-state index contributed by atoms with van der Waals surface area (Å²) in [5.41, 5.74) is 2.20. The fraction of sp³-hybridized carbons (Fsp3) is 0.125. The van der Waals surface area contributed by atoms with Crippen molar-refractivity contribution in [3.63, 3.8) is 0 Å². The van der Waals surface area contributed by atoms with Gasteiger partial charge in [-0.1, -0.05) is 41.3 Å². The highest BCUT2D eigenvalue weighted by Crippen LogP contribution is 2.31. The first kappa shape index (κ1) is 16.2. The standard InChI is InChI=1S/C16H13N5OS3/c1-10-4-2-5-11(8-10)17-15-20-21-16(25-15)24-9-13-18-19-14(22-13)12-6-3-7-23-12/h2-8H,9H2,1H3,(H,17,20). The highest BCUT2D eigenvalue weighted by molar-refractivity contribution is 8.00. The van der Waals surface area contributed by atoms with Gasteiger partial charge in [0.25, 0.3) is 5.89 Å². The molecule has 0 radical (unpaired) electrons. The Morgan fingerprint density at radius 3 is 2.92 bits per heavy atom. The van der Waals surface area contributed by atoms with E-state index >= 15 is 0 Å². The maximum atomic E-state index is 5.67. The Balaban J connectivity index is 1.37. The van der Waals surface area contributed by atoms with E-state index in [1.54, 1.807) is 11.3 Å². The second-order valence-corrected chi connectivity index (χ2v) is 8.28. The molecule has 1 aromatic carbocycles. The van der Waals surface area contributed by atoms with Gasteiger partial charge in [0.15, 0.2) is 4.34 Å². The summed E-state index contributed by atoms with van der Waals surface area (Å²) in [6.07, 6.45) is 0. The van der Waals surface area contributed by atoms with Gasteiger partial charge in [-0.15, -0.1) is 31.7 Å². The number of benzene rings is 1. The van der Waals surface area contributed by atoms with Crippen molar-refractivity contribution in [2.24, 2.45) is 0 Å². The normalized spacial score (nSPS) is 10.9. The van der Waals surface area contributed by atoms with Crippen LogP contribution in [0.3, 0.4) is 0 Å². The Bertz CT molecular complexity index is 964. The molecule has 3 aromatic heterocycles. The van der Waals surface area contributed by atoms with Crippen molar-refractivity contribution in [3.05, 3.63) is 53.2 Å². The molecule has 0 saturated carbocycles. The Kier molecular flexibility index (Phi) is 4.77. The van der Waals surface area contributed by atoms with Crippen molar-refractivity contribution < 1.29 is 4.42 Å². The van der Waals surface area contributed by atoms with Crippen molar-refractivity contribution in [2.45, 2.75) is 17.0 Å². The van der Waals surface area contributed by atoms with Crippen molar-refractivity contribution in [3.8, 4) is 10.8 Å². The molecule has 25 heavy (non-hydrogen) atoms. The lowest BCUT2D eigenvalue weighted by Gasteiger charge is -2.01. The van der Waals surface area contributed by atoms with Gasteiger partial charge < -0.3 is 9.73 Å². The zero-order chi connectivity index (χ0) is 17.1. The summed E-state index contributed by atoms with van der Waals surface area (Å²) in [6.45, 7) is 2.06. The number of thioether (sulfide) groups is 1. The summed E-state index contributed by atoms with van der Waals surface area (Å²) in [6, 6.07) is 12.1. The number of nitrogens with one attached hydrogen (secondary N) is 1. The molecule has 6 nitrogen and oxygen atoms in total. The topological polar surface area (TPSA) is 76.7 Å². The molecule has 0 aliphatic carbocycles. The van der Waals surface area contributed by atoms with E-state index in [4.69, 9.17) is 4.42 Å². The number of aryl methyl sites for hydroxylation is 1. The van der Waals surface area contributed by atoms with E-state index < -0.39 is 0 Å². The van der Waals surface area contributed by atoms with Crippen LogP contribution >= 0.6 is 34.4 Å². The number of nitrogens with zero attached hydrogens (tertiary/aromatic N) is 4. The summed E-state index contributed by atoms with van der Waals surface area (Å²) in [4.78, 5) is 0.976. The van der Waals surface area contributed by atoms with Gasteiger partial charge in [0.2, 0.25) is 11.0 Å². The fourth-order valence-corrected chi connectivity index (χ4v) is 4.35. The van der Waals surface area contributed by atoms with Gasteiger partial charge in [-0.25, -0.2) is 0 Å². The lowest BCUT2D eigenvalue weighted by Crippen LogP contribution is -1.89. The first-order chi connectivity index (χ1) is 12.3. The maximum Gasteiger partial charge on any atom is 0.257 e. The van der Waals surface area contributed by atoms with E-state index in [1.165, 1.54) is 28.7 Å². The van der Waals surface area contributed by atoms with E-state index in [0.717, 1.165) is 20.0 Å². The number of anilines is 2. The number of aromatic nitrogens is 4. The minimum absolute atomic E-state index is 0.560. The number of thiophene rings is 1. The van der Waals surface area contributed by atoms with E-state index in [9.17, 15) is 0 Å². The van der Waals surface area contributed by atoms with Crippen LogP contribution in [-0.2, 0) is 5.75 Å². The van der Waals surface area contributed by atoms with Crippen LogP contribution in [0.15, 0.2) is 50.5 Å². The summed E-state index contributed by atoms with van der Waals surface area (Å²) >= 11 is 4.61. The third-order valence-corrected chi connectivity index (χ3v) is 6.01. The third kappa shape index (κ3) is 4.06.